The number of ether oxygens (including phenoxy) is 1. The van der Waals surface area contributed by atoms with Crippen LogP contribution in [0.2, 0.25) is 0 Å². The number of carbonyl (C=O) groups is 2. The van der Waals surface area contributed by atoms with Crippen LogP contribution in [0.3, 0.4) is 0 Å². The number of rotatable bonds is 9. The average molecular weight is 410 g/mol. The Bertz CT molecular complexity index is 821. The van der Waals surface area contributed by atoms with Gasteiger partial charge in [0.25, 0.3) is 11.8 Å². The van der Waals surface area contributed by atoms with Crippen LogP contribution in [-0.2, 0) is 9.59 Å². The number of hydrogen-bond acceptors (Lipinski definition) is 4. The first-order valence-corrected chi connectivity index (χ1v) is 9.69. The SMILES string of the molecule is CSc1ccccc1NC(=O)C[NH+](C)CC(=O)Nc1ccccc1OC(F)F. The van der Waals surface area contributed by atoms with Crippen molar-refractivity contribution in [1.29, 1.82) is 0 Å². The fourth-order valence-electron chi connectivity index (χ4n) is 2.52. The van der Waals surface area contributed by atoms with Gasteiger partial charge in [-0.1, -0.05) is 24.3 Å². The van der Waals surface area contributed by atoms with Crippen LogP contribution in [0.4, 0.5) is 20.2 Å². The quantitative estimate of drug-likeness (QED) is 0.554. The van der Waals surface area contributed by atoms with Crippen molar-refractivity contribution >= 4 is 35.0 Å². The van der Waals surface area contributed by atoms with Crippen molar-refractivity contribution < 1.29 is 28.0 Å². The molecule has 1 unspecified atom stereocenters. The van der Waals surface area contributed by atoms with Crippen LogP contribution < -0.4 is 20.3 Å². The number of thioether (sulfide) groups is 1. The van der Waals surface area contributed by atoms with Gasteiger partial charge in [0, 0.05) is 4.90 Å². The Kier molecular flexibility index (Phi) is 8.21. The second-order valence-electron chi connectivity index (χ2n) is 5.98. The monoisotopic (exact) mass is 410 g/mol. The highest BCUT2D eigenvalue weighted by molar-refractivity contribution is 7.98. The smallest absolute Gasteiger partial charge is 0.387 e. The van der Waals surface area contributed by atoms with E-state index in [1.807, 2.05) is 30.5 Å². The van der Waals surface area contributed by atoms with E-state index in [0.29, 0.717) is 4.90 Å². The minimum absolute atomic E-state index is 0.0133. The zero-order chi connectivity index (χ0) is 20.5. The van der Waals surface area contributed by atoms with Gasteiger partial charge < -0.3 is 20.3 Å². The lowest BCUT2D eigenvalue weighted by Crippen LogP contribution is -3.11. The Hall–Kier alpha value is -2.65. The highest BCUT2D eigenvalue weighted by Gasteiger charge is 2.17. The van der Waals surface area contributed by atoms with Crippen molar-refractivity contribution in [3.63, 3.8) is 0 Å². The zero-order valence-corrected chi connectivity index (χ0v) is 16.3. The largest absolute Gasteiger partial charge is 0.433 e. The van der Waals surface area contributed by atoms with Crippen LogP contribution in [0.1, 0.15) is 0 Å². The molecular weight excluding hydrogens is 388 g/mol. The predicted molar refractivity (Wildman–Crippen MR) is 105 cm³/mol. The Morgan fingerprint density at radius 2 is 1.54 bits per heavy atom. The van der Waals surface area contributed by atoms with Crippen LogP contribution in [0.5, 0.6) is 5.75 Å². The van der Waals surface area contributed by atoms with Crippen molar-refractivity contribution in [2.24, 2.45) is 0 Å². The van der Waals surface area contributed by atoms with Crippen LogP contribution in [0.25, 0.3) is 0 Å². The molecule has 0 radical (unpaired) electrons. The summed E-state index contributed by atoms with van der Waals surface area (Å²) in [7, 11) is 1.70. The number of likely N-dealkylation sites (N-methyl/N-ethyl adjacent to an activating group) is 1. The van der Waals surface area contributed by atoms with E-state index < -0.39 is 12.5 Å². The molecule has 0 aromatic heterocycles. The van der Waals surface area contributed by atoms with Crippen molar-refractivity contribution in [3.05, 3.63) is 48.5 Å². The summed E-state index contributed by atoms with van der Waals surface area (Å²) in [5, 5.41) is 5.37. The predicted octanol–water partition coefficient (Wildman–Crippen LogP) is 2.10. The molecule has 2 aromatic carbocycles. The van der Waals surface area contributed by atoms with Gasteiger partial charge in [0.1, 0.15) is 5.75 Å². The van der Waals surface area contributed by atoms with Gasteiger partial charge in [-0.05, 0) is 30.5 Å². The summed E-state index contributed by atoms with van der Waals surface area (Å²) in [6, 6.07) is 13.4. The molecule has 0 aliphatic heterocycles. The first kappa shape index (κ1) is 21.6. The van der Waals surface area contributed by atoms with E-state index in [-0.39, 0.29) is 30.4 Å². The molecule has 0 saturated carbocycles. The molecule has 0 spiro atoms. The van der Waals surface area contributed by atoms with Crippen molar-refractivity contribution in [1.82, 2.24) is 0 Å². The van der Waals surface area contributed by atoms with Gasteiger partial charge in [-0.3, -0.25) is 9.59 Å². The number of hydrogen-bond donors (Lipinski definition) is 3. The van der Waals surface area contributed by atoms with E-state index in [1.165, 1.54) is 30.0 Å². The molecule has 1 atom stereocenters. The lowest BCUT2D eigenvalue weighted by atomic mass is 10.3. The fourth-order valence-corrected chi connectivity index (χ4v) is 3.07. The lowest BCUT2D eigenvalue weighted by molar-refractivity contribution is -0.862. The number of benzene rings is 2. The molecule has 2 rings (SSSR count). The molecule has 0 heterocycles. The summed E-state index contributed by atoms with van der Waals surface area (Å²) in [5.41, 5.74) is 0.870. The topological polar surface area (TPSA) is 71.9 Å². The number of anilines is 2. The Morgan fingerprint density at radius 3 is 2.14 bits per heavy atom. The summed E-state index contributed by atoms with van der Waals surface area (Å²) in [6.45, 7) is -2.93. The Balaban J connectivity index is 1.88. The number of carbonyl (C=O) groups excluding carboxylic acids is 2. The van der Waals surface area contributed by atoms with E-state index in [9.17, 15) is 18.4 Å². The van der Waals surface area contributed by atoms with Crippen LogP contribution in [0.15, 0.2) is 53.4 Å². The zero-order valence-electron chi connectivity index (χ0n) is 15.5. The molecule has 150 valence electrons. The molecule has 0 fully saturated rings. The van der Waals surface area contributed by atoms with E-state index in [0.717, 1.165) is 10.6 Å². The van der Waals surface area contributed by atoms with Gasteiger partial charge >= 0.3 is 6.61 Å². The highest BCUT2D eigenvalue weighted by atomic mass is 32.2. The maximum absolute atomic E-state index is 12.4. The van der Waals surface area contributed by atoms with Crippen molar-refractivity contribution in [2.75, 3.05) is 37.0 Å². The molecule has 0 saturated heterocycles. The number of nitrogens with one attached hydrogen (secondary N) is 3. The number of amides is 2. The van der Waals surface area contributed by atoms with E-state index >= 15 is 0 Å². The van der Waals surface area contributed by atoms with Crippen molar-refractivity contribution in [2.45, 2.75) is 11.5 Å². The van der Waals surface area contributed by atoms with Crippen LogP contribution in [-0.4, -0.2) is 44.8 Å². The second-order valence-corrected chi connectivity index (χ2v) is 6.83. The summed E-state index contributed by atoms with van der Waals surface area (Å²) < 4.78 is 29.3. The maximum Gasteiger partial charge on any atom is 0.387 e. The van der Waals surface area contributed by atoms with Gasteiger partial charge in [-0.25, -0.2) is 0 Å². The summed E-state index contributed by atoms with van der Waals surface area (Å²) in [6.07, 6.45) is 1.92. The molecule has 2 amide bonds. The molecule has 0 bridgehead atoms. The number of alkyl halides is 2. The Morgan fingerprint density at radius 1 is 1.00 bits per heavy atom. The maximum atomic E-state index is 12.4. The minimum Gasteiger partial charge on any atom is -0.433 e. The molecule has 9 heteroatoms. The summed E-state index contributed by atoms with van der Waals surface area (Å²) in [5.74, 6) is -0.761. The molecule has 0 aliphatic carbocycles. The third kappa shape index (κ3) is 6.82. The average Bonchev–Trinajstić information content (AvgIpc) is 2.63. The third-order valence-corrected chi connectivity index (χ3v) is 4.48. The van der Waals surface area contributed by atoms with Crippen LogP contribution >= 0.6 is 11.8 Å². The highest BCUT2D eigenvalue weighted by Crippen LogP contribution is 2.25. The summed E-state index contributed by atoms with van der Waals surface area (Å²) in [4.78, 5) is 26.0. The van der Waals surface area contributed by atoms with E-state index in [2.05, 4.69) is 15.4 Å². The molecule has 6 nitrogen and oxygen atoms in total. The first-order chi connectivity index (χ1) is 13.4. The molecule has 3 N–H and O–H groups in total. The van der Waals surface area contributed by atoms with Gasteiger partial charge in [-0.15, -0.1) is 11.8 Å². The Labute approximate surface area is 166 Å². The van der Waals surface area contributed by atoms with Gasteiger partial charge in [0.2, 0.25) is 0 Å². The summed E-state index contributed by atoms with van der Waals surface area (Å²) >= 11 is 1.52. The minimum atomic E-state index is -2.99. The number of halogens is 2. The van der Waals surface area contributed by atoms with Gasteiger partial charge in [0.15, 0.2) is 13.1 Å². The fraction of sp³-hybridized carbons (Fsp3) is 0.263. The van der Waals surface area contributed by atoms with Crippen LogP contribution in [0, 0.1) is 0 Å². The van der Waals surface area contributed by atoms with E-state index in [4.69, 9.17) is 0 Å². The van der Waals surface area contributed by atoms with Crippen molar-refractivity contribution in [3.8, 4) is 5.75 Å². The first-order valence-electron chi connectivity index (χ1n) is 8.47. The molecule has 0 aliphatic rings. The standard InChI is InChI=1S/C19H21F2N3O3S/c1-24(12-18(26)23-14-8-4-6-10-16(14)28-2)11-17(25)22-13-7-3-5-9-15(13)27-19(20)21/h3-10,19H,11-12H2,1-2H3,(H,22,25)(H,23,26)/p+1. The molecule has 28 heavy (non-hydrogen) atoms. The van der Waals surface area contributed by atoms with Gasteiger partial charge in [0.05, 0.1) is 18.4 Å². The molecular formula is C19H22F2N3O3S+. The number of para-hydroxylation sites is 3. The normalized spacial score (nSPS) is 11.8. The van der Waals surface area contributed by atoms with E-state index in [1.54, 1.807) is 13.1 Å². The second kappa shape index (κ2) is 10.6. The molecule has 2 aromatic rings. The third-order valence-electron chi connectivity index (χ3n) is 3.68. The number of quaternary nitrogens is 1. The lowest BCUT2D eigenvalue weighted by Gasteiger charge is -2.16. The van der Waals surface area contributed by atoms with Gasteiger partial charge in [-0.2, -0.15) is 8.78 Å².